The van der Waals surface area contributed by atoms with E-state index in [1.165, 1.54) is 24.8 Å². The standard InChI is InChI=1S/C15H24N2/c1-11-6-4-8-15(12(11)2)17-13(3)14-7-5-9-16-10-14/h5,7,9-13,15,17H,4,6,8H2,1-3H3/t11?,12?,13-,15?/m1/s1. The van der Waals surface area contributed by atoms with Gasteiger partial charge in [-0.2, -0.15) is 0 Å². The fraction of sp³-hybridized carbons (Fsp3) is 0.667. The molecule has 0 spiro atoms. The largest absolute Gasteiger partial charge is 0.307 e. The Morgan fingerprint density at radius 3 is 2.88 bits per heavy atom. The fourth-order valence-electron chi connectivity index (χ4n) is 2.87. The Morgan fingerprint density at radius 2 is 2.18 bits per heavy atom. The highest BCUT2D eigenvalue weighted by Crippen LogP contribution is 2.30. The molecule has 1 fully saturated rings. The van der Waals surface area contributed by atoms with Crippen molar-refractivity contribution in [2.24, 2.45) is 11.8 Å². The van der Waals surface area contributed by atoms with Gasteiger partial charge in [-0.3, -0.25) is 4.98 Å². The Balaban J connectivity index is 1.96. The maximum absolute atomic E-state index is 4.19. The lowest BCUT2D eigenvalue weighted by atomic mass is 9.77. The Labute approximate surface area is 105 Å². The van der Waals surface area contributed by atoms with Crippen LogP contribution in [0.4, 0.5) is 0 Å². The van der Waals surface area contributed by atoms with Crippen LogP contribution in [0.2, 0.25) is 0 Å². The average molecular weight is 232 g/mol. The first-order valence-electron chi connectivity index (χ1n) is 6.84. The summed E-state index contributed by atoms with van der Waals surface area (Å²) in [6.07, 6.45) is 7.87. The van der Waals surface area contributed by atoms with Crippen LogP contribution in [-0.2, 0) is 0 Å². The Hall–Kier alpha value is -0.890. The molecule has 0 aromatic carbocycles. The van der Waals surface area contributed by atoms with Crippen LogP contribution in [0.5, 0.6) is 0 Å². The second-order valence-electron chi connectivity index (χ2n) is 5.55. The van der Waals surface area contributed by atoms with Crippen LogP contribution < -0.4 is 5.32 Å². The molecule has 2 nitrogen and oxygen atoms in total. The highest BCUT2D eigenvalue weighted by Gasteiger charge is 2.27. The summed E-state index contributed by atoms with van der Waals surface area (Å²) in [6.45, 7) is 7.01. The lowest BCUT2D eigenvalue weighted by Gasteiger charge is -2.36. The van der Waals surface area contributed by atoms with E-state index in [-0.39, 0.29) is 0 Å². The highest BCUT2D eigenvalue weighted by molar-refractivity contribution is 5.13. The predicted molar refractivity (Wildman–Crippen MR) is 71.8 cm³/mol. The van der Waals surface area contributed by atoms with E-state index in [4.69, 9.17) is 0 Å². The van der Waals surface area contributed by atoms with E-state index in [2.05, 4.69) is 37.1 Å². The summed E-state index contributed by atoms with van der Waals surface area (Å²) in [5, 5.41) is 3.78. The number of pyridine rings is 1. The summed E-state index contributed by atoms with van der Waals surface area (Å²) in [5.74, 6) is 1.63. The highest BCUT2D eigenvalue weighted by atomic mass is 15.0. The summed E-state index contributed by atoms with van der Waals surface area (Å²) in [4.78, 5) is 4.19. The molecule has 0 aliphatic heterocycles. The Bertz CT molecular complexity index is 336. The summed E-state index contributed by atoms with van der Waals surface area (Å²) >= 11 is 0. The van der Waals surface area contributed by atoms with Crippen LogP contribution in [0.15, 0.2) is 24.5 Å². The Morgan fingerprint density at radius 1 is 1.35 bits per heavy atom. The van der Waals surface area contributed by atoms with E-state index in [0.29, 0.717) is 12.1 Å². The predicted octanol–water partition coefficient (Wildman–Crippen LogP) is 3.56. The zero-order chi connectivity index (χ0) is 12.3. The number of hydrogen-bond donors (Lipinski definition) is 1. The number of rotatable bonds is 3. The molecule has 1 saturated carbocycles. The summed E-state index contributed by atoms with van der Waals surface area (Å²) in [6, 6.07) is 5.23. The van der Waals surface area contributed by atoms with Crippen molar-refractivity contribution in [3.63, 3.8) is 0 Å². The smallest absolute Gasteiger partial charge is 0.0315 e. The third-order valence-corrected chi connectivity index (χ3v) is 4.36. The first-order chi connectivity index (χ1) is 8.18. The SMILES string of the molecule is CC1CCCC(N[C@H](C)c2cccnc2)C1C. The lowest BCUT2D eigenvalue weighted by molar-refractivity contribution is 0.196. The molecule has 1 aromatic rings. The van der Waals surface area contributed by atoms with E-state index >= 15 is 0 Å². The van der Waals surface area contributed by atoms with Gasteiger partial charge in [0.2, 0.25) is 0 Å². The number of hydrogen-bond acceptors (Lipinski definition) is 2. The van der Waals surface area contributed by atoms with Crippen molar-refractivity contribution < 1.29 is 0 Å². The van der Waals surface area contributed by atoms with Gasteiger partial charge in [0.1, 0.15) is 0 Å². The zero-order valence-corrected chi connectivity index (χ0v) is 11.2. The minimum atomic E-state index is 0.404. The molecule has 0 bridgehead atoms. The van der Waals surface area contributed by atoms with Crippen LogP contribution in [0.25, 0.3) is 0 Å². The maximum Gasteiger partial charge on any atom is 0.0315 e. The summed E-state index contributed by atoms with van der Waals surface area (Å²) < 4.78 is 0. The summed E-state index contributed by atoms with van der Waals surface area (Å²) in [5.41, 5.74) is 1.29. The average Bonchev–Trinajstić information content (AvgIpc) is 2.36. The van der Waals surface area contributed by atoms with Crippen molar-refractivity contribution >= 4 is 0 Å². The van der Waals surface area contributed by atoms with Gasteiger partial charge in [-0.25, -0.2) is 0 Å². The minimum absolute atomic E-state index is 0.404. The fourth-order valence-corrected chi connectivity index (χ4v) is 2.87. The second kappa shape index (κ2) is 5.63. The van der Waals surface area contributed by atoms with Crippen molar-refractivity contribution in [2.75, 3.05) is 0 Å². The van der Waals surface area contributed by atoms with Gasteiger partial charge in [0.15, 0.2) is 0 Å². The normalized spacial score (nSPS) is 31.1. The maximum atomic E-state index is 4.19. The van der Waals surface area contributed by atoms with Crippen LogP contribution in [0, 0.1) is 11.8 Å². The lowest BCUT2D eigenvalue weighted by Crippen LogP contribution is -2.41. The van der Waals surface area contributed by atoms with Gasteiger partial charge in [-0.15, -0.1) is 0 Å². The molecule has 0 amide bonds. The molecular weight excluding hydrogens is 208 g/mol. The van der Waals surface area contributed by atoms with Gasteiger partial charge < -0.3 is 5.32 Å². The Kier molecular flexibility index (Phi) is 4.16. The molecule has 1 aliphatic rings. The number of nitrogens with zero attached hydrogens (tertiary/aromatic N) is 1. The molecule has 0 saturated heterocycles. The molecule has 0 radical (unpaired) electrons. The molecule has 94 valence electrons. The van der Waals surface area contributed by atoms with Crippen molar-refractivity contribution in [3.8, 4) is 0 Å². The van der Waals surface area contributed by atoms with Gasteiger partial charge in [-0.1, -0.05) is 32.8 Å². The van der Waals surface area contributed by atoms with Crippen molar-refractivity contribution in [3.05, 3.63) is 30.1 Å². The second-order valence-corrected chi connectivity index (χ2v) is 5.55. The van der Waals surface area contributed by atoms with Crippen molar-refractivity contribution in [1.29, 1.82) is 0 Å². The minimum Gasteiger partial charge on any atom is -0.307 e. The monoisotopic (exact) mass is 232 g/mol. The van der Waals surface area contributed by atoms with Gasteiger partial charge in [-0.05, 0) is 36.8 Å². The first kappa shape index (κ1) is 12.6. The van der Waals surface area contributed by atoms with Crippen LogP contribution in [0.1, 0.15) is 51.6 Å². The molecule has 1 aromatic heterocycles. The van der Waals surface area contributed by atoms with E-state index in [9.17, 15) is 0 Å². The number of aromatic nitrogens is 1. The number of nitrogens with one attached hydrogen (secondary N) is 1. The molecular formula is C15H24N2. The summed E-state index contributed by atoms with van der Waals surface area (Å²) in [7, 11) is 0. The third-order valence-electron chi connectivity index (χ3n) is 4.36. The molecule has 1 heterocycles. The van der Waals surface area contributed by atoms with Gasteiger partial charge >= 0.3 is 0 Å². The van der Waals surface area contributed by atoms with E-state index in [1.54, 1.807) is 0 Å². The third kappa shape index (κ3) is 3.06. The molecule has 3 unspecified atom stereocenters. The van der Waals surface area contributed by atoms with Crippen LogP contribution in [0.3, 0.4) is 0 Å². The van der Waals surface area contributed by atoms with Gasteiger partial charge in [0, 0.05) is 24.5 Å². The van der Waals surface area contributed by atoms with E-state index in [1.807, 2.05) is 18.5 Å². The topological polar surface area (TPSA) is 24.9 Å². The van der Waals surface area contributed by atoms with E-state index in [0.717, 1.165) is 11.8 Å². The molecule has 17 heavy (non-hydrogen) atoms. The molecule has 1 N–H and O–H groups in total. The zero-order valence-electron chi connectivity index (χ0n) is 11.2. The molecule has 2 heteroatoms. The van der Waals surface area contributed by atoms with Gasteiger partial charge in [0.05, 0.1) is 0 Å². The van der Waals surface area contributed by atoms with Crippen molar-refractivity contribution in [2.45, 2.75) is 52.1 Å². The van der Waals surface area contributed by atoms with Crippen LogP contribution >= 0.6 is 0 Å². The van der Waals surface area contributed by atoms with Crippen LogP contribution in [-0.4, -0.2) is 11.0 Å². The van der Waals surface area contributed by atoms with Gasteiger partial charge in [0.25, 0.3) is 0 Å². The first-order valence-corrected chi connectivity index (χ1v) is 6.84. The molecule has 4 atom stereocenters. The van der Waals surface area contributed by atoms with Crippen molar-refractivity contribution in [1.82, 2.24) is 10.3 Å². The molecule has 1 aliphatic carbocycles. The quantitative estimate of drug-likeness (QED) is 0.862. The van der Waals surface area contributed by atoms with E-state index < -0.39 is 0 Å². The molecule has 2 rings (SSSR count).